The van der Waals surface area contributed by atoms with E-state index in [4.69, 9.17) is 16.2 Å². The second kappa shape index (κ2) is 6.10. The standard InChI is InChI=1S/C12H19N3O2/c1-3-17-7-8(2)15-12(16)10-5-4-9(13)6-11(10)14/h4-6,8H,3,7,13-14H2,1-2H3,(H,15,16). The van der Waals surface area contributed by atoms with Crippen molar-refractivity contribution in [2.24, 2.45) is 0 Å². The van der Waals surface area contributed by atoms with Crippen LogP contribution in [0.5, 0.6) is 0 Å². The van der Waals surface area contributed by atoms with Gasteiger partial charge in [-0.1, -0.05) is 0 Å². The monoisotopic (exact) mass is 237 g/mol. The highest BCUT2D eigenvalue weighted by Gasteiger charge is 2.12. The Labute approximate surface area is 101 Å². The maximum Gasteiger partial charge on any atom is 0.253 e. The van der Waals surface area contributed by atoms with Gasteiger partial charge in [-0.15, -0.1) is 0 Å². The SMILES string of the molecule is CCOCC(C)NC(=O)c1ccc(N)cc1N. The van der Waals surface area contributed by atoms with Crippen LogP contribution in [0.1, 0.15) is 24.2 Å². The minimum Gasteiger partial charge on any atom is -0.399 e. The predicted molar refractivity (Wildman–Crippen MR) is 68.7 cm³/mol. The molecule has 5 heteroatoms. The number of carbonyl (C=O) groups excluding carboxylic acids is 1. The van der Waals surface area contributed by atoms with Gasteiger partial charge in [-0.2, -0.15) is 0 Å². The molecule has 1 amide bonds. The van der Waals surface area contributed by atoms with Gasteiger partial charge < -0.3 is 21.5 Å². The molecule has 0 bridgehead atoms. The van der Waals surface area contributed by atoms with Gasteiger partial charge in [0.1, 0.15) is 0 Å². The molecule has 0 radical (unpaired) electrons. The third-order valence-corrected chi connectivity index (χ3v) is 2.27. The molecule has 1 aromatic carbocycles. The second-order valence-corrected chi connectivity index (χ2v) is 3.88. The van der Waals surface area contributed by atoms with Crippen molar-refractivity contribution in [1.29, 1.82) is 0 Å². The molecule has 1 aromatic rings. The number of anilines is 2. The third-order valence-electron chi connectivity index (χ3n) is 2.27. The zero-order chi connectivity index (χ0) is 12.8. The molecule has 1 rings (SSSR count). The first-order chi connectivity index (χ1) is 8.04. The summed E-state index contributed by atoms with van der Waals surface area (Å²) in [6.45, 7) is 4.90. The Bertz CT molecular complexity index is 393. The molecule has 0 saturated carbocycles. The zero-order valence-corrected chi connectivity index (χ0v) is 10.2. The number of hydrogen-bond acceptors (Lipinski definition) is 4. The van der Waals surface area contributed by atoms with Crippen molar-refractivity contribution in [3.8, 4) is 0 Å². The summed E-state index contributed by atoms with van der Waals surface area (Å²) in [5.74, 6) is -0.213. The van der Waals surface area contributed by atoms with Crippen molar-refractivity contribution >= 4 is 17.3 Å². The fourth-order valence-corrected chi connectivity index (χ4v) is 1.43. The molecule has 0 aromatic heterocycles. The lowest BCUT2D eigenvalue weighted by molar-refractivity contribution is 0.0873. The van der Waals surface area contributed by atoms with Crippen molar-refractivity contribution < 1.29 is 9.53 Å². The zero-order valence-electron chi connectivity index (χ0n) is 10.2. The number of ether oxygens (including phenoxy) is 1. The van der Waals surface area contributed by atoms with E-state index in [1.807, 2.05) is 13.8 Å². The molecule has 0 spiro atoms. The van der Waals surface area contributed by atoms with Crippen LogP contribution in [-0.4, -0.2) is 25.2 Å². The number of benzene rings is 1. The van der Waals surface area contributed by atoms with E-state index in [-0.39, 0.29) is 11.9 Å². The molecule has 0 aliphatic heterocycles. The van der Waals surface area contributed by atoms with Crippen molar-refractivity contribution in [2.45, 2.75) is 19.9 Å². The lowest BCUT2D eigenvalue weighted by Gasteiger charge is -2.14. The molecule has 17 heavy (non-hydrogen) atoms. The van der Waals surface area contributed by atoms with E-state index < -0.39 is 0 Å². The Morgan fingerprint density at radius 2 is 2.18 bits per heavy atom. The second-order valence-electron chi connectivity index (χ2n) is 3.88. The molecule has 94 valence electrons. The molecule has 1 unspecified atom stereocenters. The summed E-state index contributed by atoms with van der Waals surface area (Å²) in [4.78, 5) is 11.9. The third kappa shape index (κ3) is 3.96. The Hall–Kier alpha value is -1.75. The molecule has 0 aliphatic carbocycles. The Kier molecular flexibility index (Phi) is 4.78. The maximum atomic E-state index is 11.9. The number of nitrogens with one attached hydrogen (secondary N) is 1. The van der Waals surface area contributed by atoms with E-state index in [0.29, 0.717) is 30.2 Å². The van der Waals surface area contributed by atoms with Crippen LogP contribution in [0.2, 0.25) is 0 Å². The van der Waals surface area contributed by atoms with E-state index in [1.165, 1.54) is 0 Å². The van der Waals surface area contributed by atoms with E-state index in [1.54, 1.807) is 18.2 Å². The molecule has 0 aliphatic rings. The average Bonchev–Trinajstić information content (AvgIpc) is 2.26. The number of amides is 1. The Morgan fingerprint density at radius 3 is 2.76 bits per heavy atom. The van der Waals surface area contributed by atoms with Gasteiger partial charge in [0, 0.05) is 24.0 Å². The van der Waals surface area contributed by atoms with Crippen LogP contribution in [0, 0.1) is 0 Å². The van der Waals surface area contributed by atoms with Crippen LogP contribution >= 0.6 is 0 Å². The van der Waals surface area contributed by atoms with Crippen molar-refractivity contribution in [3.05, 3.63) is 23.8 Å². The molecule has 1 atom stereocenters. The fraction of sp³-hybridized carbons (Fsp3) is 0.417. The summed E-state index contributed by atoms with van der Waals surface area (Å²) in [5, 5.41) is 2.81. The highest BCUT2D eigenvalue weighted by Crippen LogP contribution is 2.15. The number of carbonyl (C=O) groups is 1. The molecule has 5 N–H and O–H groups in total. The van der Waals surface area contributed by atoms with E-state index in [2.05, 4.69) is 5.32 Å². The van der Waals surface area contributed by atoms with Crippen molar-refractivity contribution in [1.82, 2.24) is 5.32 Å². The van der Waals surface area contributed by atoms with Gasteiger partial charge in [0.05, 0.1) is 12.2 Å². The van der Waals surface area contributed by atoms with Crippen molar-refractivity contribution in [2.75, 3.05) is 24.7 Å². The molecular weight excluding hydrogens is 218 g/mol. The summed E-state index contributed by atoms with van der Waals surface area (Å²) in [5.41, 5.74) is 12.6. The van der Waals surface area contributed by atoms with Crippen LogP contribution in [0.25, 0.3) is 0 Å². The number of nitrogens with two attached hydrogens (primary N) is 2. The van der Waals surface area contributed by atoms with Crippen LogP contribution in [0.4, 0.5) is 11.4 Å². The van der Waals surface area contributed by atoms with Gasteiger partial charge in [-0.3, -0.25) is 4.79 Å². The van der Waals surface area contributed by atoms with Crippen LogP contribution in [0.3, 0.4) is 0 Å². The van der Waals surface area contributed by atoms with Crippen LogP contribution < -0.4 is 16.8 Å². The van der Waals surface area contributed by atoms with Gasteiger partial charge in [-0.05, 0) is 32.0 Å². The topological polar surface area (TPSA) is 90.4 Å². The maximum absolute atomic E-state index is 11.9. The molecular formula is C12H19N3O2. The summed E-state index contributed by atoms with van der Waals surface area (Å²) in [7, 11) is 0. The van der Waals surface area contributed by atoms with E-state index in [0.717, 1.165) is 0 Å². The largest absolute Gasteiger partial charge is 0.399 e. The highest BCUT2D eigenvalue weighted by atomic mass is 16.5. The summed E-state index contributed by atoms with van der Waals surface area (Å²) in [6, 6.07) is 4.79. The first-order valence-corrected chi connectivity index (χ1v) is 5.58. The average molecular weight is 237 g/mol. The lowest BCUT2D eigenvalue weighted by Crippen LogP contribution is -2.36. The van der Waals surface area contributed by atoms with E-state index in [9.17, 15) is 4.79 Å². The normalized spacial score (nSPS) is 12.1. The van der Waals surface area contributed by atoms with Gasteiger partial charge in [0.2, 0.25) is 0 Å². The number of rotatable bonds is 5. The van der Waals surface area contributed by atoms with Crippen LogP contribution in [-0.2, 0) is 4.74 Å². The fourth-order valence-electron chi connectivity index (χ4n) is 1.43. The van der Waals surface area contributed by atoms with Gasteiger partial charge in [0.25, 0.3) is 5.91 Å². The van der Waals surface area contributed by atoms with Gasteiger partial charge in [-0.25, -0.2) is 0 Å². The van der Waals surface area contributed by atoms with Crippen LogP contribution in [0.15, 0.2) is 18.2 Å². The number of hydrogen-bond donors (Lipinski definition) is 3. The first-order valence-electron chi connectivity index (χ1n) is 5.58. The first kappa shape index (κ1) is 13.3. The lowest BCUT2D eigenvalue weighted by atomic mass is 10.1. The minimum absolute atomic E-state index is 0.0561. The highest BCUT2D eigenvalue weighted by molar-refractivity contribution is 5.99. The smallest absolute Gasteiger partial charge is 0.253 e. The molecule has 0 saturated heterocycles. The van der Waals surface area contributed by atoms with Crippen molar-refractivity contribution in [3.63, 3.8) is 0 Å². The summed E-state index contributed by atoms with van der Waals surface area (Å²) in [6.07, 6.45) is 0. The minimum atomic E-state index is -0.213. The summed E-state index contributed by atoms with van der Waals surface area (Å²) >= 11 is 0. The predicted octanol–water partition coefficient (Wildman–Crippen LogP) is 1.01. The number of nitrogen functional groups attached to an aromatic ring is 2. The molecule has 0 heterocycles. The van der Waals surface area contributed by atoms with E-state index >= 15 is 0 Å². The summed E-state index contributed by atoms with van der Waals surface area (Å²) < 4.78 is 5.22. The quantitative estimate of drug-likeness (QED) is 0.666. The van der Waals surface area contributed by atoms with Gasteiger partial charge >= 0.3 is 0 Å². The Morgan fingerprint density at radius 1 is 1.47 bits per heavy atom. The Balaban J connectivity index is 2.63. The molecule has 0 fully saturated rings. The van der Waals surface area contributed by atoms with Gasteiger partial charge in [0.15, 0.2) is 0 Å². The molecule has 5 nitrogen and oxygen atoms in total.